The van der Waals surface area contributed by atoms with E-state index in [1.807, 2.05) is 0 Å². The van der Waals surface area contributed by atoms with Crippen LogP contribution in [0.3, 0.4) is 0 Å². The predicted octanol–water partition coefficient (Wildman–Crippen LogP) is -0.750. The summed E-state index contributed by atoms with van der Waals surface area (Å²) in [6.07, 6.45) is 0.585. The number of hydrogen-bond acceptors (Lipinski definition) is 3. The SMILES string of the molecule is CC1=CC(O)N(C=O)C1=O. The third kappa shape index (κ3) is 0.823. The van der Waals surface area contributed by atoms with Gasteiger partial charge in [-0.05, 0) is 13.0 Å². The van der Waals surface area contributed by atoms with Crippen LogP contribution in [-0.4, -0.2) is 28.6 Å². The van der Waals surface area contributed by atoms with Gasteiger partial charge in [0.1, 0.15) is 0 Å². The van der Waals surface area contributed by atoms with Gasteiger partial charge in [-0.25, -0.2) is 0 Å². The second-order valence-electron chi connectivity index (χ2n) is 2.08. The Kier molecular flexibility index (Phi) is 1.55. The van der Waals surface area contributed by atoms with Crippen LogP contribution in [0, 0.1) is 0 Å². The molecule has 4 nitrogen and oxygen atoms in total. The molecule has 0 aromatic heterocycles. The lowest BCUT2D eigenvalue weighted by atomic mass is 10.3. The number of aliphatic hydroxyl groups is 1. The number of imide groups is 1. The molecular formula is C6H7NO3. The fourth-order valence-corrected chi connectivity index (χ4v) is 0.809. The Morgan fingerprint density at radius 1 is 1.80 bits per heavy atom. The molecule has 1 unspecified atom stereocenters. The first-order valence-corrected chi connectivity index (χ1v) is 2.81. The predicted molar refractivity (Wildman–Crippen MR) is 32.7 cm³/mol. The first-order chi connectivity index (χ1) is 4.66. The number of hydrogen-bond donors (Lipinski definition) is 1. The van der Waals surface area contributed by atoms with Gasteiger partial charge in [-0.2, -0.15) is 0 Å². The van der Waals surface area contributed by atoms with Crippen molar-refractivity contribution in [2.75, 3.05) is 0 Å². The highest BCUT2D eigenvalue weighted by molar-refractivity contribution is 6.01. The van der Waals surface area contributed by atoms with Gasteiger partial charge in [-0.15, -0.1) is 0 Å². The van der Waals surface area contributed by atoms with Gasteiger partial charge in [0.15, 0.2) is 6.23 Å². The molecule has 2 amide bonds. The lowest BCUT2D eigenvalue weighted by Gasteiger charge is -2.10. The van der Waals surface area contributed by atoms with Crippen LogP contribution in [-0.2, 0) is 9.59 Å². The van der Waals surface area contributed by atoms with E-state index in [1.165, 1.54) is 6.08 Å². The summed E-state index contributed by atoms with van der Waals surface area (Å²) in [6, 6.07) is 0. The highest BCUT2D eigenvalue weighted by Gasteiger charge is 2.27. The molecule has 1 N–H and O–H groups in total. The molecule has 0 saturated carbocycles. The van der Waals surface area contributed by atoms with E-state index in [0.29, 0.717) is 12.0 Å². The van der Waals surface area contributed by atoms with Crippen molar-refractivity contribution in [1.29, 1.82) is 0 Å². The van der Waals surface area contributed by atoms with Crippen LogP contribution >= 0.6 is 0 Å². The number of carbonyl (C=O) groups is 2. The Labute approximate surface area is 57.7 Å². The molecule has 4 heteroatoms. The fraction of sp³-hybridized carbons (Fsp3) is 0.333. The van der Waals surface area contributed by atoms with Crippen LogP contribution in [0.4, 0.5) is 0 Å². The summed E-state index contributed by atoms with van der Waals surface area (Å²) in [6.45, 7) is 1.55. The van der Waals surface area contributed by atoms with Crippen molar-refractivity contribution in [3.05, 3.63) is 11.6 Å². The average molecular weight is 141 g/mol. The lowest BCUT2D eigenvalue weighted by Crippen LogP contribution is -2.32. The molecule has 0 bridgehead atoms. The first kappa shape index (κ1) is 6.95. The van der Waals surface area contributed by atoms with Crippen LogP contribution in [0.15, 0.2) is 11.6 Å². The molecule has 0 spiro atoms. The van der Waals surface area contributed by atoms with E-state index in [0.717, 1.165) is 4.90 Å². The topological polar surface area (TPSA) is 57.6 Å². The van der Waals surface area contributed by atoms with E-state index in [4.69, 9.17) is 5.11 Å². The fourth-order valence-electron chi connectivity index (χ4n) is 0.809. The largest absolute Gasteiger partial charge is 0.369 e. The van der Waals surface area contributed by atoms with E-state index in [2.05, 4.69) is 0 Å². The highest BCUT2D eigenvalue weighted by Crippen LogP contribution is 2.12. The van der Waals surface area contributed by atoms with Gasteiger partial charge in [-0.3, -0.25) is 14.5 Å². The smallest absolute Gasteiger partial charge is 0.258 e. The van der Waals surface area contributed by atoms with Crippen molar-refractivity contribution in [1.82, 2.24) is 4.90 Å². The number of carbonyl (C=O) groups excluding carboxylic acids is 2. The molecule has 10 heavy (non-hydrogen) atoms. The summed E-state index contributed by atoms with van der Waals surface area (Å²) < 4.78 is 0. The van der Waals surface area contributed by atoms with Gasteiger partial charge in [-0.1, -0.05) is 0 Å². The number of aliphatic hydroxyl groups excluding tert-OH is 1. The van der Waals surface area contributed by atoms with E-state index >= 15 is 0 Å². The molecule has 0 aromatic carbocycles. The van der Waals surface area contributed by atoms with Crippen molar-refractivity contribution in [3.8, 4) is 0 Å². The molecule has 1 rings (SSSR count). The van der Waals surface area contributed by atoms with Gasteiger partial charge in [0.05, 0.1) is 0 Å². The van der Waals surface area contributed by atoms with Gasteiger partial charge >= 0.3 is 0 Å². The number of nitrogens with zero attached hydrogens (tertiary/aromatic N) is 1. The number of amides is 2. The lowest BCUT2D eigenvalue weighted by molar-refractivity contribution is -0.140. The minimum absolute atomic E-state index is 0.319. The molecule has 0 saturated heterocycles. The second-order valence-corrected chi connectivity index (χ2v) is 2.08. The molecule has 0 aromatic rings. The minimum atomic E-state index is -1.06. The van der Waals surface area contributed by atoms with Crippen molar-refractivity contribution < 1.29 is 14.7 Å². The maximum absolute atomic E-state index is 10.8. The zero-order valence-electron chi connectivity index (χ0n) is 5.44. The van der Waals surface area contributed by atoms with Gasteiger partial charge in [0, 0.05) is 5.57 Å². The minimum Gasteiger partial charge on any atom is -0.369 e. The summed E-state index contributed by atoms with van der Waals surface area (Å²) in [5.74, 6) is -0.428. The third-order valence-electron chi connectivity index (χ3n) is 1.37. The quantitative estimate of drug-likeness (QED) is 0.489. The van der Waals surface area contributed by atoms with Crippen molar-refractivity contribution >= 4 is 12.3 Å². The van der Waals surface area contributed by atoms with E-state index < -0.39 is 12.1 Å². The Morgan fingerprint density at radius 2 is 2.40 bits per heavy atom. The summed E-state index contributed by atoms with van der Waals surface area (Å²) in [5, 5.41) is 8.93. The molecule has 0 radical (unpaired) electrons. The Morgan fingerprint density at radius 3 is 2.60 bits per heavy atom. The van der Waals surface area contributed by atoms with Crippen LogP contribution in [0.5, 0.6) is 0 Å². The normalized spacial score (nSPS) is 25.0. The Bertz CT molecular complexity index is 209. The Balaban J connectivity index is 2.86. The zero-order valence-corrected chi connectivity index (χ0v) is 5.44. The highest BCUT2D eigenvalue weighted by atomic mass is 16.3. The first-order valence-electron chi connectivity index (χ1n) is 2.81. The van der Waals surface area contributed by atoms with Crippen molar-refractivity contribution in [3.63, 3.8) is 0 Å². The molecule has 1 atom stereocenters. The van der Waals surface area contributed by atoms with Gasteiger partial charge in [0.2, 0.25) is 6.41 Å². The van der Waals surface area contributed by atoms with E-state index in [1.54, 1.807) is 6.92 Å². The number of rotatable bonds is 1. The zero-order chi connectivity index (χ0) is 7.72. The van der Waals surface area contributed by atoms with E-state index in [-0.39, 0.29) is 0 Å². The molecule has 1 heterocycles. The summed E-state index contributed by atoms with van der Waals surface area (Å²) >= 11 is 0. The molecular weight excluding hydrogens is 134 g/mol. The van der Waals surface area contributed by atoms with Crippen LogP contribution in [0.25, 0.3) is 0 Å². The standard InChI is InChI=1S/C6H7NO3/c1-4-2-5(9)7(3-8)6(4)10/h2-3,5,9H,1H3. The van der Waals surface area contributed by atoms with Gasteiger partial charge in [0.25, 0.3) is 5.91 Å². The van der Waals surface area contributed by atoms with Crippen LogP contribution in [0.1, 0.15) is 6.92 Å². The summed E-state index contributed by atoms with van der Waals surface area (Å²) in [7, 11) is 0. The molecule has 0 fully saturated rings. The molecule has 1 aliphatic heterocycles. The summed E-state index contributed by atoms with van der Waals surface area (Å²) in [5.41, 5.74) is 0.402. The average Bonchev–Trinajstić information content (AvgIpc) is 2.09. The summed E-state index contributed by atoms with van der Waals surface area (Å²) in [4.78, 5) is 21.6. The molecule has 0 aliphatic carbocycles. The van der Waals surface area contributed by atoms with Crippen LogP contribution < -0.4 is 0 Å². The van der Waals surface area contributed by atoms with Crippen molar-refractivity contribution in [2.24, 2.45) is 0 Å². The maximum Gasteiger partial charge on any atom is 0.258 e. The maximum atomic E-state index is 10.8. The third-order valence-corrected chi connectivity index (χ3v) is 1.37. The van der Waals surface area contributed by atoms with Gasteiger partial charge < -0.3 is 5.11 Å². The molecule has 54 valence electrons. The van der Waals surface area contributed by atoms with E-state index in [9.17, 15) is 9.59 Å². The van der Waals surface area contributed by atoms with Crippen LogP contribution in [0.2, 0.25) is 0 Å². The molecule has 1 aliphatic rings. The van der Waals surface area contributed by atoms with Crippen molar-refractivity contribution in [2.45, 2.75) is 13.2 Å². The monoisotopic (exact) mass is 141 g/mol. The Hall–Kier alpha value is -1.16. The second kappa shape index (κ2) is 2.22.